The first-order chi connectivity index (χ1) is 5.74. The second-order valence-corrected chi connectivity index (χ2v) is 4.84. The van der Waals surface area contributed by atoms with Gasteiger partial charge in [0.2, 0.25) is 0 Å². The molecule has 0 aromatic rings. The quantitative estimate of drug-likeness (QED) is 0.601. The zero-order valence-electron chi connectivity index (χ0n) is 7.82. The van der Waals surface area contributed by atoms with E-state index in [2.05, 4.69) is 24.0 Å². The van der Waals surface area contributed by atoms with E-state index in [4.69, 9.17) is 0 Å². The fourth-order valence-electron chi connectivity index (χ4n) is 1.41. The van der Waals surface area contributed by atoms with Gasteiger partial charge in [-0.1, -0.05) is 12.2 Å². The molecule has 0 aliphatic carbocycles. The molecule has 0 bridgehead atoms. The van der Waals surface area contributed by atoms with Crippen molar-refractivity contribution in [2.24, 2.45) is 0 Å². The highest BCUT2D eigenvalue weighted by Crippen LogP contribution is 2.07. The van der Waals surface area contributed by atoms with Crippen LogP contribution in [0.25, 0.3) is 0 Å². The van der Waals surface area contributed by atoms with Crippen LogP contribution in [0.3, 0.4) is 0 Å². The topological polar surface area (TPSA) is 20.3 Å². The summed E-state index contributed by atoms with van der Waals surface area (Å²) in [6.45, 7) is 6.18. The molecule has 1 aliphatic rings. The minimum absolute atomic E-state index is 0.482. The van der Waals surface area contributed by atoms with E-state index in [1.54, 1.807) is 0 Å². The Morgan fingerprint density at radius 3 is 3.00 bits per heavy atom. The molecule has 1 heterocycles. The lowest BCUT2D eigenvalue weighted by Crippen LogP contribution is -2.44. The fourth-order valence-corrected chi connectivity index (χ4v) is 2.76. The van der Waals surface area contributed by atoms with Gasteiger partial charge in [-0.2, -0.15) is 0 Å². The van der Waals surface area contributed by atoms with Gasteiger partial charge in [0.05, 0.1) is 0 Å². The number of nitrogens with zero attached hydrogens (tertiary/aromatic N) is 1. The maximum atomic E-state index is 11.2. The molecule has 0 aromatic carbocycles. The van der Waals surface area contributed by atoms with Crippen molar-refractivity contribution >= 4 is 10.8 Å². The third-order valence-electron chi connectivity index (χ3n) is 2.23. The van der Waals surface area contributed by atoms with Crippen LogP contribution >= 0.6 is 0 Å². The average Bonchev–Trinajstić information content (AvgIpc) is 2.03. The van der Waals surface area contributed by atoms with Gasteiger partial charge in [-0.3, -0.25) is 9.11 Å². The standard InChI is InChI=1S/C9H17NOS/c1-3-4-5-10-6-7-12(11)8-9(10)2/h3-4,9H,5-8H2,1-2H3/b4-3+. The van der Waals surface area contributed by atoms with Gasteiger partial charge in [0.15, 0.2) is 0 Å². The Kier molecular flexibility index (Phi) is 3.95. The Bertz CT molecular complexity index is 191. The van der Waals surface area contributed by atoms with Crippen molar-refractivity contribution in [3.8, 4) is 0 Å². The Morgan fingerprint density at radius 2 is 2.42 bits per heavy atom. The van der Waals surface area contributed by atoms with E-state index in [9.17, 15) is 4.21 Å². The van der Waals surface area contributed by atoms with Crippen molar-refractivity contribution in [1.29, 1.82) is 0 Å². The summed E-state index contributed by atoms with van der Waals surface area (Å²) in [7, 11) is -0.562. The average molecular weight is 187 g/mol. The van der Waals surface area contributed by atoms with Crippen molar-refractivity contribution in [2.75, 3.05) is 24.6 Å². The van der Waals surface area contributed by atoms with Gasteiger partial charge in [0, 0.05) is 41.4 Å². The van der Waals surface area contributed by atoms with Crippen molar-refractivity contribution < 1.29 is 4.21 Å². The lowest BCUT2D eigenvalue weighted by Gasteiger charge is -2.31. The summed E-state index contributed by atoms with van der Waals surface area (Å²) in [5, 5.41) is 0. The van der Waals surface area contributed by atoms with Gasteiger partial charge >= 0.3 is 0 Å². The molecule has 1 saturated heterocycles. The minimum atomic E-state index is -0.562. The van der Waals surface area contributed by atoms with Crippen LogP contribution < -0.4 is 0 Å². The van der Waals surface area contributed by atoms with Crippen LogP contribution in [0.4, 0.5) is 0 Å². The molecule has 0 N–H and O–H groups in total. The number of allylic oxidation sites excluding steroid dienone is 1. The van der Waals surface area contributed by atoms with E-state index in [0.29, 0.717) is 6.04 Å². The van der Waals surface area contributed by atoms with E-state index < -0.39 is 10.8 Å². The molecular weight excluding hydrogens is 170 g/mol. The van der Waals surface area contributed by atoms with Gasteiger partial charge in [0.1, 0.15) is 0 Å². The van der Waals surface area contributed by atoms with Crippen LogP contribution in [0.5, 0.6) is 0 Å². The second kappa shape index (κ2) is 4.77. The van der Waals surface area contributed by atoms with Gasteiger partial charge < -0.3 is 0 Å². The maximum absolute atomic E-state index is 11.2. The largest absolute Gasteiger partial charge is 0.295 e. The van der Waals surface area contributed by atoms with Gasteiger partial charge in [-0.15, -0.1) is 0 Å². The molecule has 3 heteroatoms. The molecule has 0 saturated carbocycles. The minimum Gasteiger partial charge on any atom is -0.295 e. The van der Waals surface area contributed by atoms with Crippen LogP contribution in [0, 0.1) is 0 Å². The summed E-state index contributed by atoms with van der Waals surface area (Å²) < 4.78 is 11.2. The van der Waals surface area contributed by atoms with E-state index >= 15 is 0 Å². The third kappa shape index (κ3) is 2.72. The van der Waals surface area contributed by atoms with E-state index in [1.807, 2.05) is 6.92 Å². The molecule has 12 heavy (non-hydrogen) atoms. The molecule has 2 unspecified atom stereocenters. The number of rotatable bonds is 2. The molecule has 1 rings (SSSR count). The van der Waals surface area contributed by atoms with Gasteiger partial charge in [-0.25, -0.2) is 0 Å². The summed E-state index contributed by atoms with van der Waals surface area (Å²) in [6.07, 6.45) is 4.23. The first kappa shape index (κ1) is 9.93. The summed E-state index contributed by atoms with van der Waals surface area (Å²) in [5.41, 5.74) is 0. The van der Waals surface area contributed by atoms with E-state index in [-0.39, 0.29) is 0 Å². The molecule has 0 radical (unpaired) electrons. The SMILES string of the molecule is C/C=C/CN1CCS(=O)CC1C. The predicted octanol–water partition coefficient (Wildman–Crippen LogP) is 1.02. The monoisotopic (exact) mass is 187 g/mol. The highest BCUT2D eigenvalue weighted by atomic mass is 32.2. The predicted molar refractivity (Wildman–Crippen MR) is 53.7 cm³/mol. The molecule has 0 amide bonds. The lowest BCUT2D eigenvalue weighted by molar-refractivity contribution is 0.255. The molecule has 1 aliphatic heterocycles. The zero-order valence-corrected chi connectivity index (χ0v) is 8.64. The van der Waals surface area contributed by atoms with Crippen LogP contribution in [0.15, 0.2) is 12.2 Å². The molecule has 2 nitrogen and oxygen atoms in total. The van der Waals surface area contributed by atoms with Crippen LogP contribution in [-0.4, -0.2) is 39.7 Å². The molecule has 70 valence electrons. The molecule has 0 aromatic heterocycles. The van der Waals surface area contributed by atoms with E-state index in [1.165, 1.54) is 0 Å². The van der Waals surface area contributed by atoms with Crippen LogP contribution in [-0.2, 0) is 10.8 Å². The maximum Gasteiger partial charge on any atom is 0.0388 e. The first-order valence-corrected chi connectivity index (χ1v) is 5.93. The van der Waals surface area contributed by atoms with Crippen LogP contribution in [0.1, 0.15) is 13.8 Å². The molecular formula is C9H17NOS. The van der Waals surface area contributed by atoms with Crippen molar-refractivity contribution in [1.82, 2.24) is 4.90 Å². The third-order valence-corrected chi connectivity index (χ3v) is 3.72. The highest BCUT2D eigenvalue weighted by molar-refractivity contribution is 7.85. The lowest BCUT2D eigenvalue weighted by atomic mass is 10.3. The van der Waals surface area contributed by atoms with Crippen molar-refractivity contribution in [2.45, 2.75) is 19.9 Å². The van der Waals surface area contributed by atoms with Gasteiger partial charge in [0.25, 0.3) is 0 Å². The van der Waals surface area contributed by atoms with Crippen molar-refractivity contribution in [3.05, 3.63) is 12.2 Å². The zero-order chi connectivity index (χ0) is 8.97. The Labute approximate surface area is 77.1 Å². The molecule has 2 atom stereocenters. The van der Waals surface area contributed by atoms with Gasteiger partial charge in [-0.05, 0) is 13.8 Å². The smallest absolute Gasteiger partial charge is 0.0388 e. The Hall–Kier alpha value is -0.150. The fraction of sp³-hybridized carbons (Fsp3) is 0.778. The highest BCUT2D eigenvalue weighted by Gasteiger charge is 2.20. The van der Waals surface area contributed by atoms with E-state index in [0.717, 1.165) is 24.6 Å². The first-order valence-electron chi connectivity index (χ1n) is 4.44. The Balaban J connectivity index is 2.39. The molecule has 1 fully saturated rings. The summed E-state index contributed by atoms with van der Waals surface area (Å²) in [4.78, 5) is 2.38. The Morgan fingerprint density at radius 1 is 1.67 bits per heavy atom. The number of hydrogen-bond donors (Lipinski definition) is 0. The summed E-state index contributed by atoms with van der Waals surface area (Å²) >= 11 is 0. The molecule has 0 spiro atoms. The summed E-state index contributed by atoms with van der Waals surface area (Å²) in [6, 6.07) is 0.482. The number of hydrogen-bond acceptors (Lipinski definition) is 2. The van der Waals surface area contributed by atoms with Crippen LogP contribution in [0.2, 0.25) is 0 Å². The van der Waals surface area contributed by atoms with Crippen molar-refractivity contribution in [3.63, 3.8) is 0 Å². The summed E-state index contributed by atoms with van der Waals surface area (Å²) in [5.74, 6) is 1.69. The second-order valence-electron chi connectivity index (χ2n) is 3.22. The normalized spacial score (nSPS) is 32.8.